The van der Waals surface area contributed by atoms with Gasteiger partial charge in [0.15, 0.2) is 0 Å². The van der Waals surface area contributed by atoms with Gasteiger partial charge in [-0.1, -0.05) is 24.3 Å². The SMILES string of the molecule is C[C@@H](NC(=O)NCc1ccc(C(=O)N(C)C)cc1)c1ccc(C(F)(F)F)cc1. The van der Waals surface area contributed by atoms with Crippen LogP contribution in [0.4, 0.5) is 18.0 Å². The predicted molar refractivity (Wildman–Crippen MR) is 99.7 cm³/mol. The average molecular weight is 393 g/mol. The van der Waals surface area contributed by atoms with Gasteiger partial charge >= 0.3 is 12.2 Å². The Labute approximate surface area is 161 Å². The maximum atomic E-state index is 12.6. The molecule has 2 N–H and O–H groups in total. The van der Waals surface area contributed by atoms with Gasteiger partial charge in [0.2, 0.25) is 0 Å². The molecule has 0 aromatic heterocycles. The zero-order valence-electron chi connectivity index (χ0n) is 15.8. The number of carbonyl (C=O) groups excluding carboxylic acids is 2. The van der Waals surface area contributed by atoms with Crippen LogP contribution < -0.4 is 10.6 Å². The zero-order chi connectivity index (χ0) is 20.9. The molecule has 1 atom stereocenters. The summed E-state index contributed by atoms with van der Waals surface area (Å²) in [6.45, 7) is 1.94. The van der Waals surface area contributed by atoms with Crippen molar-refractivity contribution in [1.29, 1.82) is 0 Å². The highest BCUT2D eigenvalue weighted by atomic mass is 19.4. The minimum atomic E-state index is -4.39. The van der Waals surface area contributed by atoms with Crippen molar-refractivity contribution in [2.45, 2.75) is 25.7 Å². The normalized spacial score (nSPS) is 12.2. The van der Waals surface area contributed by atoms with Crippen molar-refractivity contribution in [3.8, 4) is 0 Å². The summed E-state index contributed by atoms with van der Waals surface area (Å²) in [6.07, 6.45) is -4.39. The fourth-order valence-corrected chi connectivity index (χ4v) is 2.50. The van der Waals surface area contributed by atoms with E-state index in [0.29, 0.717) is 11.1 Å². The number of benzene rings is 2. The second kappa shape index (κ2) is 8.77. The minimum Gasteiger partial charge on any atom is -0.345 e. The summed E-state index contributed by atoms with van der Waals surface area (Å²) in [7, 11) is 3.33. The second-order valence-corrected chi connectivity index (χ2v) is 6.56. The van der Waals surface area contributed by atoms with Gasteiger partial charge in [-0.2, -0.15) is 13.2 Å². The number of halogens is 3. The van der Waals surface area contributed by atoms with Gasteiger partial charge < -0.3 is 15.5 Å². The third-order valence-electron chi connectivity index (χ3n) is 4.15. The number of nitrogens with zero attached hydrogens (tertiary/aromatic N) is 1. The summed E-state index contributed by atoms with van der Waals surface area (Å²) in [6, 6.07) is 10.6. The first-order valence-electron chi connectivity index (χ1n) is 8.60. The summed E-state index contributed by atoms with van der Waals surface area (Å²) in [5.74, 6) is -0.109. The van der Waals surface area contributed by atoms with Crippen LogP contribution in [0.1, 0.15) is 40.0 Å². The fourth-order valence-electron chi connectivity index (χ4n) is 2.50. The first-order chi connectivity index (χ1) is 13.1. The van der Waals surface area contributed by atoms with Crippen molar-refractivity contribution in [3.63, 3.8) is 0 Å². The quantitative estimate of drug-likeness (QED) is 0.808. The van der Waals surface area contributed by atoms with E-state index in [4.69, 9.17) is 0 Å². The van der Waals surface area contributed by atoms with Gasteiger partial charge in [-0.3, -0.25) is 4.79 Å². The predicted octanol–water partition coefficient (Wildman–Crippen LogP) is 3.97. The summed E-state index contributed by atoms with van der Waals surface area (Å²) < 4.78 is 37.8. The first kappa shape index (κ1) is 21.3. The summed E-state index contributed by atoms with van der Waals surface area (Å²) >= 11 is 0. The number of alkyl halides is 3. The van der Waals surface area contributed by atoms with Crippen molar-refractivity contribution in [2.75, 3.05) is 14.1 Å². The third kappa shape index (κ3) is 5.73. The van der Waals surface area contributed by atoms with Gasteiger partial charge in [0.05, 0.1) is 11.6 Å². The van der Waals surface area contributed by atoms with Crippen LogP contribution in [0.3, 0.4) is 0 Å². The molecular formula is C20H22F3N3O2. The molecule has 0 aliphatic heterocycles. The van der Waals surface area contributed by atoms with Crippen LogP contribution in [0.5, 0.6) is 0 Å². The summed E-state index contributed by atoms with van der Waals surface area (Å²) in [5, 5.41) is 5.36. The number of amides is 3. The van der Waals surface area contributed by atoms with Crippen molar-refractivity contribution in [2.24, 2.45) is 0 Å². The Bertz CT molecular complexity index is 816. The molecule has 3 amide bonds. The lowest BCUT2D eigenvalue weighted by molar-refractivity contribution is -0.137. The number of hydrogen-bond acceptors (Lipinski definition) is 2. The van der Waals surface area contributed by atoms with E-state index in [-0.39, 0.29) is 12.5 Å². The number of nitrogens with one attached hydrogen (secondary N) is 2. The maximum absolute atomic E-state index is 12.6. The van der Waals surface area contributed by atoms with Crippen LogP contribution >= 0.6 is 0 Å². The summed E-state index contributed by atoms with van der Waals surface area (Å²) in [4.78, 5) is 25.3. The second-order valence-electron chi connectivity index (χ2n) is 6.56. The van der Waals surface area contributed by atoms with E-state index in [1.54, 1.807) is 45.3 Å². The topological polar surface area (TPSA) is 61.4 Å². The zero-order valence-corrected chi connectivity index (χ0v) is 15.8. The van der Waals surface area contributed by atoms with Gasteiger partial charge in [-0.25, -0.2) is 4.79 Å². The Morgan fingerprint density at radius 2 is 1.57 bits per heavy atom. The van der Waals surface area contributed by atoms with Gasteiger partial charge in [0, 0.05) is 26.2 Å². The molecule has 2 aromatic carbocycles. The maximum Gasteiger partial charge on any atom is 0.416 e. The largest absolute Gasteiger partial charge is 0.416 e. The lowest BCUT2D eigenvalue weighted by Gasteiger charge is -2.16. The molecule has 0 bridgehead atoms. The Morgan fingerprint density at radius 3 is 2.07 bits per heavy atom. The third-order valence-corrected chi connectivity index (χ3v) is 4.15. The summed E-state index contributed by atoms with van der Waals surface area (Å²) in [5.41, 5.74) is 1.19. The van der Waals surface area contributed by atoms with E-state index < -0.39 is 23.8 Å². The van der Waals surface area contributed by atoms with E-state index in [1.165, 1.54) is 17.0 Å². The van der Waals surface area contributed by atoms with Crippen LogP contribution in [0.15, 0.2) is 48.5 Å². The first-order valence-corrected chi connectivity index (χ1v) is 8.60. The number of urea groups is 1. The Hall–Kier alpha value is -3.03. The minimum absolute atomic E-state index is 0.109. The molecule has 0 spiro atoms. The molecule has 0 saturated carbocycles. The van der Waals surface area contributed by atoms with Crippen LogP contribution in [-0.2, 0) is 12.7 Å². The standard InChI is InChI=1S/C20H22F3N3O2/c1-13(15-8-10-17(11-9-15)20(21,22)23)25-19(28)24-12-14-4-6-16(7-5-14)18(27)26(2)3/h4-11,13H,12H2,1-3H3,(H2,24,25,28)/t13-/m1/s1. The Kier molecular flexibility index (Phi) is 6.66. The van der Waals surface area contributed by atoms with Gasteiger partial charge in [-0.15, -0.1) is 0 Å². The molecule has 2 aromatic rings. The molecule has 0 aliphatic rings. The number of rotatable bonds is 5. The highest BCUT2D eigenvalue weighted by Crippen LogP contribution is 2.29. The van der Waals surface area contributed by atoms with Crippen molar-refractivity contribution >= 4 is 11.9 Å². The average Bonchev–Trinajstić information content (AvgIpc) is 2.65. The van der Waals surface area contributed by atoms with Crippen LogP contribution in [0.25, 0.3) is 0 Å². The lowest BCUT2D eigenvalue weighted by atomic mass is 10.1. The van der Waals surface area contributed by atoms with Crippen molar-refractivity contribution in [1.82, 2.24) is 15.5 Å². The molecule has 5 nitrogen and oxygen atoms in total. The van der Waals surface area contributed by atoms with Gasteiger partial charge in [-0.05, 0) is 42.3 Å². The van der Waals surface area contributed by atoms with Gasteiger partial charge in [0.1, 0.15) is 0 Å². The van der Waals surface area contributed by atoms with Crippen LogP contribution in [0.2, 0.25) is 0 Å². The molecule has 0 saturated heterocycles. The Morgan fingerprint density at radius 1 is 1.00 bits per heavy atom. The molecule has 0 heterocycles. The van der Waals surface area contributed by atoms with Crippen LogP contribution in [-0.4, -0.2) is 30.9 Å². The lowest BCUT2D eigenvalue weighted by Crippen LogP contribution is -2.36. The van der Waals surface area contributed by atoms with Crippen molar-refractivity contribution < 1.29 is 22.8 Å². The molecule has 0 aliphatic carbocycles. The molecule has 8 heteroatoms. The molecule has 0 fully saturated rings. The van der Waals surface area contributed by atoms with E-state index in [0.717, 1.165) is 17.7 Å². The smallest absolute Gasteiger partial charge is 0.345 e. The molecule has 0 unspecified atom stereocenters. The fraction of sp³-hybridized carbons (Fsp3) is 0.300. The molecule has 150 valence electrons. The van der Waals surface area contributed by atoms with E-state index in [9.17, 15) is 22.8 Å². The highest BCUT2D eigenvalue weighted by Gasteiger charge is 2.30. The van der Waals surface area contributed by atoms with E-state index in [2.05, 4.69) is 10.6 Å². The molecule has 28 heavy (non-hydrogen) atoms. The number of hydrogen-bond donors (Lipinski definition) is 2. The van der Waals surface area contributed by atoms with Crippen LogP contribution in [0, 0.1) is 0 Å². The molecular weight excluding hydrogens is 371 g/mol. The van der Waals surface area contributed by atoms with E-state index >= 15 is 0 Å². The van der Waals surface area contributed by atoms with Crippen molar-refractivity contribution in [3.05, 3.63) is 70.8 Å². The Balaban J connectivity index is 1.87. The number of carbonyl (C=O) groups is 2. The molecule has 2 rings (SSSR count). The highest BCUT2D eigenvalue weighted by molar-refractivity contribution is 5.93. The monoisotopic (exact) mass is 393 g/mol. The van der Waals surface area contributed by atoms with E-state index in [1.807, 2.05) is 0 Å². The van der Waals surface area contributed by atoms with Gasteiger partial charge in [0.25, 0.3) is 5.91 Å². The molecule has 0 radical (unpaired) electrons.